The number of carbonyl (C=O) groups is 1. The van der Waals surface area contributed by atoms with Crippen molar-refractivity contribution in [3.8, 4) is 0 Å². The van der Waals surface area contributed by atoms with E-state index in [-0.39, 0.29) is 19.3 Å². The number of aromatic nitrogens is 1. The highest BCUT2D eigenvalue weighted by Gasteiger charge is 2.42. The fraction of sp³-hybridized carbons (Fsp3) is 0.552. The molecule has 1 aromatic heterocycles. The fourth-order valence-corrected chi connectivity index (χ4v) is 7.93. The number of amides is 1. The summed E-state index contributed by atoms with van der Waals surface area (Å²) in [4.78, 5) is 24.8. The van der Waals surface area contributed by atoms with Crippen LogP contribution < -0.4 is 10.7 Å². The Morgan fingerprint density at radius 3 is 2.70 bits per heavy atom. The van der Waals surface area contributed by atoms with Gasteiger partial charge in [0.1, 0.15) is 5.84 Å². The third-order valence-corrected chi connectivity index (χ3v) is 10.2. The van der Waals surface area contributed by atoms with Gasteiger partial charge in [-0.3, -0.25) is 9.80 Å². The highest BCUT2D eigenvalue weighted by molar-refractivity contribution is 7.18. The van der Waals surface area contributed by atoms with Gasteiger partial charge in [0.05, 0.1) is 57.4 Å². The third kappa shape index (κ3) is 4.30. The van der Waals surface area contributed by atoms with Gasteiger partial charge in [0.2, 0.25) is 5.91 Å². The lowest BCUT2D eigenvalue weighted by Gasteiger charge is -2.36. The Hall–Kier alpha value is -2.99. The molecule has 1 saturated carbocycles. The molecule has 2 atom stereocenters. The number of benzene rings is 1. The fourth-order valence-electron chi connectivity index (χ4n) is 6.78. The number of aliphatic imine (C=N–C) groups is 1. The lowest BCUT2D eigenvalue weighted by atomic mass is 9.83. The molecule has 212 valence electrons. The number of primary amides is 1. The van der Waals surface area contributed by atoms with Gasteiger partial charge in [0, 0.05) is 30.8 Å². The number of carbonyl (C=O) groups excluding carboxylic acids is 1. The van der Waals surface area contributed by atoms with Gasteiger partial charge in [-0.25, -0.2) is 15.0 Å². The van der Waals surface area contributed by atoms with Crippen LogP contribution >= 0.6 is 11.3 Å². The average molecular weight is 565 g/mol. The molecule has 0 radical (unpaired) electrons. The zero-order valence-corrected chi connectivity index (χ0v) is 23.7. The van der Waals surface area contributed by atoms with E-state index in [2.05, 4.69) is 11.0 Å². The molecule has 5 heterocycles. The van der Waals surface area contributed by atoms with Gasteiger partial charge < -0.3 is 25.6 Å². The van der Waals surface area contributed by atoms with Crippen molar-refractivity contribution in [3.63, 3.8) is 0 Å². The van der Waals surface area contributed by atoms with Crippen LogP contribution in [-0.4, -0.2) is 75.3 Å². The SMILES string of the molecule is CC(C)(O)c1cc2nc(C3CCC(CO)CC3)sc2cc1N1CC(C(N)=O)=C2N=C(N3C[C@H]4C[C@@H]3CO4)C=CN21. The average Bonchev–Trinajstić information content (AvgIpc) is 3.73. The van der Waals surface area contributed by atoms with Gasteiger partial charge in [0.25, 0.3) is 0 Å². The molecule has 7 rings (SSSR count). The summed E-state index contributed by atoms with van der Waals surface area (Å²) in [5, 5.41) is 25.8. The number of ether oxygens (including phenoxy) is 1. The summed E-state index contributed by atoms with van der Waals surface area (Å²) in [6.07, 6.45) is 9.25. The standard InChI is InChI=1S/C29H36N6O4S/c1-29(2,38)21-10-22-24(40-28(31-22)17-5-3-16(14-36)4-6-17)11-23(21)35-13-20(26(30)37)27-32-25(7-8-34(27)35)33-12-19-9-18(33)15-39-19/h7-8,10-11,16-19,36,38H,3-6,9,12-15H2,1-2H3,(H2,30,37)/t16?,17?,18-,19-/m1/s1. The van der Waals surface area contributed by atoms with E-state index in [0.717, 1.165) is 71.0 Å². The molecule has 2 aromatic rings. The second-order valence-corrected chi connectivity index (χ2v) is 13.3. The Balaban J connectivity index is 1.24. The van der Waals surface area contributed by atoms with Gasteiger partial charge in [-0.05, 0) is 70.1 Å². The first-order valence-electron chi connectivity index (χ1n) is 14.2. The predicted molar refractivity (Wildman–Crippen MR) is 153 cm³/mol. The minimum Gasteiger partial charge on any atom is -0.396 e. The summed E-state index contributed by atoms with van der Waals surface area (Å²) in [6, 6.07) is 4.36. The van der Waals surface area contributed by atoms with Gasteiger partial charge in [-0.1, -0.05) is 0 Å². The van der Waals surface area contributed by atoms with Crippen molar-refractivity contribution in [1.29, 1.82) is 0 Å². The number of aliphatic hydroxyl groups is 2. The Kier molecular flexibility index (Phi) is 6.19. The molecule has 5 aliphatic rings. The molecule has 0 unspecified atom stereocenters. The number of thiazole rings is 1. The van der Waals surface area contributed by atoms with Crippen molar-refractivity contribution in [2.75, 3.05) is 31.3 Å². The second-order valence-electron chi connectivity index (χ2n) is 12.2. The van der Waals surface area contributed by atoms with Crippen molar-refractivity contribution < 1.29 is 19.7 Å². The summed E-state index contributed by atoms with van der Waals surface area (Å²) in [5.74, 6) is 1.63. The molecule has 2 bridgehead atoms. The highest BCUT2D eigenvalue weighted by Crippen LogP contribution is 2.44. The first-order valence-corrected chi connectivity index (χ1v) is 15.0. The molecule has 0 spiro atoms. The predicted octanol–water partition coefficient (Wildman–Crippen LogP) is 2.92. The number of anilines is 1. The van der Waals surface area contributed by atoms with E-state index in [1.165, 1.54) is 0 Å². The van der Waals surface area contributed by atoms with E-state index < -0.39 is 11.5 Å². The van der Waals surface area contributed by atoms with Gasteiger partial charge in [0.15, 0.2) is 5.82 Å². The van der Waals surface area contributed by atoms with Crippen molar-refractivity contribution in [3.05, 3.63) is 46.4 Å². The van der Waals surface area contributed by atoms with Gasteiger partial charge in [-0.15, -0.1) is 11.3 Å². The molecule has 40 heavy (non-hydrogen) atoms. The number of hydrogen-bond donors (Lipinski definition) is 3. The van der Waals surface area contributed by atoms with E-state index in [9.17, 15) is 15.0 Å². The summed E-state index contributed by atoms with van der Waals surface area (Å²) < 4.78 is 6.80. The number of hydrazine groups is 1. The summed E-state index contributed by atoms with van der Waals surface area (Å²) in [6.45, 7) is 5.55. The largest absolute Gasteiger partial charge is 0.396 e. The zero-order chi connectivity index (χ0) is 27.8. The monoisotopic (exact) mass is 564 g/mol. The summed E-state index contributed by atoms with van der Waals surface area (Å²) >= 11 is 1.70. The molecule has 10 nitrogen and oxygen atoms in total. The topological polar surface area (TPSA) is 128 Å². The number of nitrogens with two attached hydrogens (primary N) is 1. The van der Waals surface area contributed by atoms with Gasteiger partial charge in [-0.2, -0.15) is 0 Å². The molecular weight excluding hydrogens is 528 g/mol. The maximum absolute atomic E-state index is 12.6. The van der Waals surface area contributed by atoms with Crippen LogP contribution in [0.15, 0.2) is 40.8 Å². The zero-order valence-electron chi connectivity index (χ0n) is 22.9. The minimum atomic E-state index is -1.15. The van der Waals surface area contributed by atoms with Crippen LogP contribution in [0.1, 0.15) is 62.4 Å². The van der Waals surface area contributed by atoms with Crippen LogP contribution in [0.4, 0.5) is 5.69 Å². The number of rotatable bonds is 5. The molecule has 1 aromatic carbocycles. The second kappa shape index (κ2) is 9.54. The van der Waals surface area contributed by atoms with Crippen molar-refractivity contribution in [2.24, 2.45) is 16.6 Å². The van der Waals surface area contributed by atoms with Crippen molar-refractivity contribution in [2.45, 2.75) is 69.6 Å². The summed E-state index contributed by atoms with van der Waals surface area (Å²) in [7, 11) is 0. The van der Waals surface area contributed by atoms with Crippen LogP contribution in [0.5, 0.6) is 0 Å². The van der Waals surface area contributed by atoms with Crippen LogP contribution in [0.3, 0.4) is 0 Å². The summed E-state index contributed by atoms with van der Waals surface area (Å²) in [5.41, 5.74) is 7.56. The molecule has 4 N–H and O–H groups in total. The molecule has 4 aliphatic heterocycles. The third-order valence-electron chi connectivity index (χ3n) is 9.05. The van der Waals surface area contributed by atoms with E-state index in [0.29, 0.717) is 35.9 Å². The molecule has 11 heteroatoms. The molecule has 3 fully saturated rings. The number of fused-ring (bicyclic) bond motifs is 4. The maximum Gasteiger partial charge on any atom is 0.250 e. The lowest BCUT2D eigenvalue weighted by molar-refractivity contribution is -0.114. The van der Waals surface area contributed by atoms with Crippen LogP contribution in [-0.2, 0) is 15.1 Å². The number of nitrogens with zero attached hydrogens (tertiary/aromatic N) is 5. The van der Waals surface area contributed by atoms with Crippen molar-refractivity contribution >= 4 is 39.0 Å². The minimum absolute atomic E-state index is 0.235. The molecule has 1 aliphatic carbocycles. The lowest BCUT2D eigenvalue weighted by Crippen LogP contribution is -2.43. The van der Waals surface area contributed by atoms with Gasteiger partial charge >= 0.3 is 0 Å². The molecular formula is C29H36N6O4S. The maximum atomic E-state index is 12.6. The Morgan fingerprint density at radius 2 is 2.05 bits per heavy atom. The van der Waals surface area contributed by atoms with E-state index >= 15 is 0 Å². The van der Waals surface area contributed by atoms with Crippen LogP contribution in [0.25, 0.3) is 10.2 Å². The first-order chi connectivity index (χ1) is 19.2. The number of hydrogen-bond acceptors (Lipinski definition) is 10. The Labute approximate surface area is 237 Å². The molecule has 2 saturated heterocycles. The highest BCUT2D eigenvalue weighted by atomic mass is 32.1. The van der Waals surface area contributed by atoms with Crippen LogP contribution in [0.2, 0.25) is 0 Å². The number of morpholine rings is 1. The van der Waals surface area contributed by atoms with E-state index in [4.69, 9.17) is 20.4 Å². The van der Waals surface area contributed by atoms with Crippen LogP contribution in [0, 0.1) is 5.92 Å². The Morgan fingerprint density at radius 1 is 1.25 bits per heavy atom. The van der Waals surface area contributed by atoms with E-state index in [1.807, 2.05) is 28.4 Å². The first kappa shape index (κ1) is 25.9. The molecule has 1 amide bonds. The Bertz CT molecular complexity index is 1450. The normalized spacial score (nSPS) is 28.2. The van der Waals surface area contributed by atoms with E-state index in [1.54, 1.807) is 25.2 Å². The number of likely N-dealkylation sites (tertiary alicyclic amines) is 1. The number of aliphatic hydroxyl groups excluding tert-OH is 1. The number of amidine groups is 1. The smallest absolute Gasteiger partial charge is 0.250 e. The quantitative estimate of drug-likeness (QED) is 0.506. The van der Waals surface area contributed by atoms with Crippen molar-refractivity contribution in [1.82, 2.24) is 14.9 Å².